The van der Waals surface area contributed by atoms with Crippen LogP contribution in [0.15, 0.2) is 48.5 Å². The van der Waals surface area contributed by atoms with E-state index < -0.39 is 0 Å². The zero-order valence-corrected chi connectivity index (χ0v) is 9.16. The fourth-order valence-corrected chi connectivity index (χ4v) is 1.82. The van der Waals surface area contributed by atoms with E-state index >= 15 is 0 Å². The van der Waals surface area contributed by atoms with Gasteiger partial charge in [-0.1, -0.05) is 54.1 Å². The van der Waals surface area contributed by atoms with Crippen LogP contribution >= 0.6 is 11.6 Å². The lowest BCUT2D eigenvalue weighted by Crippen LogP contribution is -1.86. The monoisotopic (exact) mass is 218 g/mol. The third-order valence-corrected chi connectivity index (χ3v) is 2.66. The van der Waals surface area contributed by atoms with E-state index in [9.17, 15) is 0 Å². The second kappa shape index (κ2) is 4.37. The lowest BCUT2D eigenvalue weighted by Gasteiger charge is -2.08. The smallest absolute Gasteiger partial charge is 0.138 e. The first-order valence-electron chi connectivity index (χ1n) is 4.71. The van der Waals surface area contributed by atoms with Gasteiger partial charge in [-0.05, 0) is 11.6 Å². The maximum absolute atomic E-state index is 6.22. The summed E-state index contributed by atoms with van der Waals surface area (Å²) in [6.45, 7) is 0. The molecule has 0 saturated carbocycles. The Hall–Kier alpha value is -1.47. The molecule has 0 saturated heterocycles. The summed E-state index contributed by atoms with van der Waals surface area (Å²) in [5.41, 5.74) is 2.10. The molecule has 0 aliphatic carbocycles. The Morgan fingerprint density at radius 2 is 1.67 bits per heavy atom. The molecule has 76 valence electrons. The molecule has 0 unspecified atom stereocenters. The molecule has 0 amide bonds. The van der Waals surface area contributed by atoms with Gasteiger partial charge in [0, 0.05) is 5.56 Å². The number of benzene rings is 2. The molecule has 0 spiro atoms. The third-order valence-electron chi connectivity index (χ3n) is 2.27. The Kier molecular flexibility index (Phi) is 2.93. The lowest BCUT2D eigenvalue weighted by molar-refractivity contribution is 0.415. The van der Waals surface area contributed by atoms with Crippen molar-refractivity contribution in [2.24, 2.45) is 0 Å². The van der Waals surface area contributed by atoms with Crippen LogP contribution in [0.25, 0.3) is 11.1 Å². The van der Waals surface area contributed by atoms with Crippen molar-refractivity contribution in [3.05, 3.63) is 53.6 Å². The minimum atomic E-state index is 0.659. The van der Waals surface area contributed by atoms with Crippen LogP contribution in [0, 0.1) is 0 Å². The minimum Gasteiger partial charge on any atom is -0.495 e. The van der Waals surface area contributed by atoms with E-state index in [1.165, 1.54) is 0 Å². The molecule has 0 atom stereocenters. The molecule has 0 fully saturated rings. The average Bonchev–Trinajstić information content (AvgIpc) is 2.30. The molecule has 0 N–H and O–H groups in total. The van der Waals surface area contributed by atoms with Crippen LogP contribution in [0.5, 0.6) is 5.75 Å². The van der Waals surface area contributed by atoms with Crippen LogP contribution in [0.4, 0.5) is 0 Å². The number of halogens is 1. The maximum Gasteiger partial charge on any atom is 0.138 e. The summed E-state index contributed by atoms with van der Waals surface area (Å²) in [7, 11) is 1.62. The number of hydrogen-bond donors (Lipinski definition) is 0. The molecule has 15 heavy (non-hydrogen) atoms. The van der Waals surface area contributed by atoms with Gasteiger partial charge in [0.2, 0.25) is 0 Å². The quantitative estimate of drug-likeness (QED) is 0.740. The van der Waals surface area contributed by atoms with Gasteiger partial charge in [0.15, 0.2) is 0 Å². The highest BCUT2D eigenvalue weighted by Gasteiger charge is 2.07. The second-order valence-electron chi connectivity index (χ2n) is 3.19. The highest BCUT2D eigenvalue weighted by molar-refractivity contribution is 6.34. The third kappa shape index (κ3) is 1.97. The Labute approximate surface area is 94.3 Å². The molecule has 2 aromatic carbocycles. The molecule has 0 aliphatic rings. The first kappa shape index (κ1) is 10.1. The normalized spacial score (nSPS) is 10.0. The van der Waals surface area contributed by atoms with E-state index in [1.807, 2.05) is 48.5 Å². The van der Waals surface area contributed by atoms with Gasteiger partial charge < -0.3 is 4.74 Å². The predicted molar refractivity (Wildman–Crippen MR) is 63.4 cm³/mol. The van der Waals surface area contributed by atoms with Crippen molar-refractivity contribution >= 4 is 11.6 Å². The van der Waals surface area contributed by atoms with Crippen LogP contribution in [0.2, 0.25) is 5.02 Å². The molecular formula is C13H11ClO. The highest BCUT2D eigenvalue weighted by Crippen LogP contribution is 2.34. The summed E-state index contributed by atoms with van der Waals surface area (Å²) in [6.07, 6.45) is 0. The Bertz CT molecular complexity index is 451. The number of methoxy groups -OCH3 is 1. The predicted octanol–water partition coefficient (Wildman–Crippen LogP) is 4.02. The van der Waals surface area contributed by atoms with E-state index in [-0.39, 0.29) is 0 Å². The summed E-state index contributed by atoms with van der Waals surface area (Å²) in [5.74, 6) is 0.706. The summed E-state index contributed by atoms with van der Waals surface area (Å²) in [6, 6.07) is 15.8. The summed E-state index contributed by atoms with van der Waals surface area (Å²) >= 11 is 6.22. The zero-order valence-electron chi connectivity index (χ0n) is 8.41. The molecule has 1 nitrogen and oxygen atoms in total. The van der Waals surface area contributed by atoms with E-state index in [0.29, 0.717) is 10.8 Å². The molecule has 2 rings (SSSR count). The van der Waals surface area contributed by atoms with Crippen molar-refractivity contribution in [2.45, 2.75) is 0 Å². The van der Waals surface area contributed by atoms with E-state index in [4.69, 9.17) is 16.3 Å². The number of rotatable bonds is 2. The van der Waals surface area contributed by atoms with Gasteiger partial charge in [0.1, 0.15) is 5.75 Å². The second-order valence-corrected chi connectivity index (χ2v) is 3.57. The molecule has 2 aromatic rings. The first-order valence-corrected chi connectivity index (χ1v) is 5.08. The molecule has 2 heteroatoms. The largest absolute Gasteiger partial charge is 0.495 e. The first-order chi connectivity index (χ1) is 7.33. The fourth-order valence-electron chi connectivity index (χ4n) is 1.51. The van der Waals surface area contributed by atoms with Crippen molar-refractivity contribution in [1.82, 2.24) is 0 Å². The van der Waals surface area contributed by atoms with Gasteiger partial charge in [0.25, 0.3) is 0 Å². The van der Waals surface area contributed by atoms with Gasteiger partial charge in [-0.3, -0.25) is 0 Å². The van der Waals surface area contributed by atoms with Crippen LogP contribution in [0.3, 0.4) is 0 Å². The van der Waals surface area contributed by atoms with Crippen molar-refractivity contribution in [2.75, 3.05) is 7.11 Å². The molecule has 0 aromatic heterocycles. The lowest BCUT2D eigenvalue weighted by atomic mass is 10.1. The van der Waals surface area contributed by atoms with Gasteiger partial charge in [-0.25, -0.2) is 0 Å². The molecule has 0 heterocycles. The van der Waals surface area contributed by atoms with Gasteiger partial charge in [0.05, 0.1) is 12.1 Å². The summed E-state index contributed by atoms with van der Waals surface area (Å²) < 4.78 is 5.18. The fraction of sp³-hybridized carbons (Fsp3) is 0.0769. The van der Waals surface area contributed by atoms with Gasteiger partial charge in [-0.2, -0.15) is 0 Å². The standard InChI is InChI=1S/C13H11ClO/c1-15-12-9-5-8-11(13(12)14)10-6-3-2-4-7-10/h2-9H,1H3. The molecule has 0 radical (unpaired) electrons. The van der Waals surface area contributed by atoms with Crippen molar-refractivity contribution < 1.29 is 4.74 Å². The average molecular weight is 219 g/mol. The summed E-state index contributed by atoms with van der Waals surface area (Å²) in [5, 5.41) is 0.659. The zero-order chi connectivity index (χ0) is 10.7. The van der Waals surface area contributed by atoms with Gasteiger partial charge >= 0.3 is 0 Å². The SMILES string of the molecule is COc1cccc(-c2ccccc2)c1Cl. The van der Waals surface area contributed by atoms with Crippen LogP contribution in [-0.2, 0) is 0 Å². The van der Waals surface area contributed by atoms with Crippen molar-refractivity contribution in [3.8, 4) is 16.9 Å². The Morgan fingerprint density at radius 3 is 2.33 bits per heavy atom. The Balaban J connectivity index is 2.54. The maximum atomic E-state index is 6.22. The molecule has 0 bridgehead atoms. The molecular weight excluding hydrogens is 208 g/mol. The van der Waals surface area contributed by atoms with Crippen molar-refractivity contribution in [3.63, 3.8) is 0 Å². The van der Waals surface area contributed by atoms with Crippen LogP contribution in [0.1, 0.15) is 0 Å². The van der Waals surface area contributed by atoms with E-state index in [1.54, 1.807) is 7.11 Å². The Morgan fingerprint density at radius 1 is 0.933 bits per heavy atom. The summed E-state index contributed by atoms with van der Waals surface area (Å²) in [4.78, 5) is 0. The number of ether oxygens (including phenoxy) is 1. The van der Waals surface area contributed by atoms with Gasteiger partial charge in [-0.15, -0.1) is 0 Å². The molecule has 0 aliphatic heterocycles. The topological polar surface area (TPSA) is 9.23 Å². The van der Waals surface area contributed by atoms with Crippen LogP contribution < -0.4 is 4.74 Å². The van der Waals surface area contributed by atoms with E-state index in [2.05, 4.69) is 0 Å². The van der Waals surface area contributed by atoms with Crippen LogP contribution in [-0.4, -0.2) is 7.11 Å². The number of hydrogen-bond acceptors (Lipinski definition) is 1. The van der Waals surface area contributed by atoms with Crippen molar-refractivity contribution in [1.29, 1.82) is 0 Å². The van der Waals surface area contributed by atoms with E-state index in [0.717, 1.165) is 11.1 Å². The minimum absolute atomic E-state index is 0.659. The highest BCUT2D eigenvalue weighted by atomic mass is 35.5.